The third-order valence-electron chi connectivity index (χ3n) is 5.67. The highest BCUT2D eigenvalue weighted by molar-refractivity contribution is 7.14. The number of ether oxygens (including phenoxy) is 2. The minimum absolute atomic E-state index is 0.0586. The Bertz CT molecular complexity index is 1390. The number of halogens is 1. The molecule has 2 heterocycles. The molecular weight excluding hydrogens is 544 g/mol. The van der Waals surface area contributed by atoms with Crippen LogP contribution in [-0.4, -0.2) is 51.5 Å². The lowest BCUT2D eigenvalue weighted by Gasteiger charge is -2.11. The molecule has 12 heteroatoms. The summed E-state index contributed by atoms with van der Waals surface area (Å²) in [7, 11) is 0. The molecule has 2 aromatic heterocycles. The van der Waals surface area contributed by atoms with Gasteiger partial charge in [-0.15, -0.1) is 0 Å². The summed E-state index contributed by atoms with van der Waals surface area (Å²) in [4.78, 5) is 44.8. The van der Waals surface area contributed by atoms with E-state index in [1.165, 1.54) is 49.4 Å². The molecule has 1 aromatic carbocycles. The van der Waals surface area contributed by atoms with E-state index in [0.29, 0.717) is 34.2 Å². The van der Waals surface area contributed by atoms with Crippen LogP contribution in [0.2, 0.25) is 5.02 Å². The summed E-state index contributed by atoms with van der Waals surface area (Å²) in [6, 6.07) is 6.63. The summed E-state index contributed by atoms with van der Waals surface area (Å²) in [5.41, 5.74) is 0.157. The highest BCUT2D eigenvalue weighted by atomic mass is 35.5. The normalized spacial score (nSPS) is 14.4. The van der Waals surface area contributed by atoms with Crippen LogP contribution in [0.15, 0.2) is 48.8 Å². The number of nitrogens with zero attached hydrogens (tertiary/aromatic N) is 2. The van der Waals surface area contributed by atoms with E-state index in [4.69, 9.17) is 26.2 Å². The highest BCUT2D eigenvalue weighted by Crippen LogP contribution is 2.35. The van der Waals surface area contributed by atoms with Crippen molar-refractivity contribution in [2.75, 3.05) is 6.61 Å². The van der Waals surface area contributed by atoms with Gasteiger partial charge in [0.2, 0.25) is 0 Å². The van der Waals surface area contributed by atoms with Crippen LogP contribution in [0.25, 0.3) is 6.08 Å². The molecule has 0 spiro atoms. The first-order chi connectivity index (χ1) is 18.7. The second-order valence-electron chi connectivity index (χ2n) is 9.06. The van der Waals surface area contributed by atoms with Gasteiger partial charge in [-0.1, -0.05) is 29.0 Å². The Balaban J connectivity index is 1.30. The van der Waals surface area contributed by atoms with Crippen LogP contribution >= 0.6 is 22.9 Å². The first kappa shape index (κ1) is 28.1. The minimum Gasteiger partial charge on any atom is -0.493 e. The molecule has 2 atom stereocenters. The number of aliphatic carboxylic acids is 1. The Morgan fingerprint density at radius 2 is 1.95 bits per heavy atom. The van der Waals surface area contributed by atoms with Crippen molar-refractivity contribution in [1.82, 2.24) is 20.6 Å². The smallest absolute Gasteiger partial charge is 0.325 e. The zero-order valence-corrected chi connectivity index (χ0v) is 22.8. The lowest BCUT2D eigenvalue weighted by molar-refractivity contribution is -0.138. The number of carboxylic acids is 1. The van der Waals surface area contributed by atoms with Crippen molar-refractivity contribution in [3.05, 3.63) is 70.0 Å². The fourth-order valence-corrected chi connectivity index (χ4v) is 4.15. The topological polar surface area (TPSA) is 140 Å². The van der Waals surface area contributed by atoms with E-state index in [0.717, 1.165) is 4.88 Å². The molecule has 1 saturated carbocycles. The Morgan fingerprint density at radius 3 is 2.67 bits per heavy atom. The van der Waals surface area contributed by atoms with Crippen LogP contribution in [-0.2, 0) is 4.79 Å². The van der Waals surface area contributed by atoms with Crippen molar-refractivity contribution in [2.45, 2.75) is 38.8 Å². The van der Waals surface area contributed by atoms with Crippen molar-refractivity contribution in [2.24, 2.45) is 5.92 Å². The van der Waals surface area contributed by atoms with Crippen LogP contribution in [0, 0.1) is 5.92 Å². The molecule has 10 nitrogen and oxygen atoms in total. The maximum absolute atomic E-state index is 12.7. The first-order valence-electron chi connectivity index (χ1n) is 12.2. The number of carboxylic acid groups (broad SMARTS) is 1. The standard InChI is InChI=1S/C27H27ClN4O6S/c1-15(31-24(33)18-9-10-29-22(11-18)25(34)32-16(2)26(35)36)3-7-20-13-30-27(39-20)38-23-8-6-19(12-21(23)28)37-14-17-4-5-17/h3,6-13,15-17H,4-5,14H2,1-2H3,(H,31,33)(H,32,34)(H,35,36)/b7-3+/t15-,16-/m0/s1. The van der Waals surface area contributed by atoms with Gasteiger partial charge >= 0.3 is 5.97 Å². The van der Waals surface area contributed by atoms with E-state index >= 15 is 0 Å². The van der Waals surface area contributed by atoms with Gasteiger partial charge in [0, 0.05) is 30.1 Å². The molecule has 0 unspecified atom stereocenters. The van der Waals surface area contributed by atoms with Gasteiger partial charge in [-0.25, -0.2) is 4.98 Å². The highest BCUT2D eigenvalue weighted by Gasteiger charge is 2.22. The van der Waals surface area contributed by atoms with Crippen LogP contribution in [0.5, 0.6) is 16.7 Å². The molecule has 0 radical (unpaired) electrons. The summed E-state index contributed by atoms with van der Waals surface area (Å²) in [6.07, 6.45) is 8.99. The number of amides is 2. The van der Waals surface area contributed by atoms with E-state index in [1.54, 1.807) is 31.3 Å². The van der Waals surface area contributed by atoms with Crippen molar-refractivity contribution < 1.29 is 29.0 Å². The zero-order chi connectivity index (χ0) is 27.9. The van der Waals surface area contributed by atoms with Crippen LogP contribution in [0.1, 0.15) is 52.4 Å². The molecule has 39 heavy (non-hydrogen) atoms. The molecule has 1 fully saturated rings. The molecule has 2 amide bonds. The predicted octanol–water partition coefficient (Wildman–Crippen LogP) is 4.81. The quantitative estimate of drug-likeness (QED) is 0.282. The number of aromatic nitrogens is 2. The lowest BCUT2D eigenvalue weighted by atomic mass is 10.2. The number of carbonyl (C=O) groups excluding carboxylic acids is 2. The predicted molar refractivity (Wildman–Crippen MR) is 147 cm³/mol. The van der Waals surface area contributed by atoms with Crippen LogP contribution < -0.4 is 20.1 Å². The van der Waals surface area contributed by atoms with Gasteiger partial charge < -0.3 is 25.2 Å². The van der Waals surface area contributed by atoms with Gasteiger partial charge in [-0.2, -0.15) is 0 Å². The number of thiazole rings is 1. The second-order valence-corrected chi connectivity index (χ2v) is 10.5. The van der Waals surface area contributed by atoms with Gasteiger partial charge in [0.25, 0.3) is 17.0 Å². The van der Waals surface area contributed by atoms with E-state index in [-0.39, 0.29) is 17.3 Å². The molecule has 204 valence electrons. The monoisotopic (exact) mass is 570 g/mol. The molecule has 1 aliphatic carbocycles. The molecule has 0 aliphatic heterocycles. The summed E-state index contributed by atoms with van der Waals surface area (Å²) in [5.74, 6) is -0.447. The number of benzene rings is 1. The Kier molecular flexibility index (Phi) is 9.15. The Labute approximate surface area is 234 Å². The van der Waals surface area contributed by atoms with E-state index < -0.39 is 23.8 Å². The number of carbonyl (C=O) groups is 3. The van der Waals surface area contributed by atoms with Crippen molar-refractivity contribution >= 4 is 46.8 Å². The molecule has 3 aromatic rings. The number of hydrogen-bond acceptors (Lipinski definition) is 8. The number of rotatable bonds is 12. The fraction of sp³-hybridized carbons (Fsp3) is 0.296. The van der Waals surface area contributed by atoms with Crippen LogP contribution in [0.4, 0.5) is 0 Å². The average molecular weight is 571 g/mol. The summed E-state index contributed by atoms with van der Waals surface area (Å²) < 4.78 is 11.6. The SMILES string of the molecule is C[C@H](NC(=O)c1cc(C(=O)N[C@@H](C)/C=C/c2cnc(Oc3ccc(OCC4CC4)cc3Cl)s2)ccn1)C(=O)O. The number of hydrogen-bond donors (Lipinski definition) is 3. The number of nitrogens with one attached hydrogen (secondary N) is 2. The third kappa shape index (κ3) is 8.26. The maximum atomic E-state index is 12.7. The van der Waals surface area contributed by atoms with Gasteiger partial charge in [0.1, 0.15) is 23.2 Å². The zero-order valence-electron chi connectivity index (χ0n) is 21.2. The number of pyridine rings is 1. The van der Waals surface area contributed by atoms with Gasteiger partial charge in [0.15, 0.2) is 0 Å². The lowest BCUT2D eigenvalue weighted by Crippen LogP contribution is -2.38. The largest absolute Gasteiger partial charge is 0.493 e. The second kappa shape index (κ2) is 12.7. The molecule has 4 rings (SSSR count). The molecule has 3 N–H and O–H groups in total. The van der Waals surface area contributed by atoms with Crippen molar-refractivity contribution in [1.29, 1.82) is 0 Å². The fourth-order valence-electron chi connectivity index (χ4n) is 3.25. The Hall–Kier alpha value is -3.96. The third-order valence-corrected chi connectivity index (χ3v) is 6.80. The summed E-state index contributed by atoms with van der Waals surface area (Å²) in [5, 5.41) is 14.9. The van der Waals surface area contributed by atoms with Gasteiger partial charge in [-0.3, -0.25) is 19.4 Å². The van der Waals surface area contributed by atoms with Crippen molar-refractivity contribution in [3.63, 3.8) is 0 Å². The minimum atomic E-state index is -1.18. The van der Waals surface area contributed by atoms with Crippen molar-refractivity contribution in [3.8, 4) is 16.7 Å². The van der Waals surface area contributed by atoms with Gasteiger partial charge in [0.05, 0.1) is 16.5 Å². The average Bonchev–Trinajstić information content (AvgIpc) is 3.64. The van der Waals surface area contributed by atoms with Crippen LogP contribution in [0.3, 0.4) is 0 Å². The summed E-state index contributed by atoms with van der Waals surface area (Å²) >= 11 is 7.66. The molecule has 0 bridgehead atoms. The molecule has 0 saturated heterocycles. The Morgan fingerprint density at radius 1 is 1.15 bits per heavy atom. The van der Waals surface area contributed by atoms with E-state index in [1.807, 2.05) is 12.1 Å². The molecule has 1 aliphatic rings. The maximum Gasteiger partial charge on any atom is 0.325 e. The summed E-state index contributed by atoms with van der Waals surface area (Å²) in [6.45, 7) is 3.83. The molecular formula is C27H27ClN4O6S. The van der Waals surface area contributed by atoms with E-state index in [2.05, 4.69) is 20.6 Å². The van der Waals surface area contributed by atoms with Gasteiger partial charge in [-0.05, 0) is 62.9 Å². The van der Waals surface area contributed by atoms with E-state index in [9.17, 15) is 14.4 Å². The first-order valence-corrected chi connectivity index (χ1v) is 13.4.